The molecule has 4 fully saturated rings. The van der Waals surface area contributed by atoms with E-state index in [1.807, 2.05) is 6.92 Å². The van der Waals surface area contributed by atoms with Crippen LogP contribution in [0.4, 0.5) is 0 Å². The van der Waals surface area contributed by atoms with E-state index in [2.05, 4.69) is 0 Å². The van der Waals surface area contributed by atoms with E-state index in [9.17, 15) is 29.1 Å². The van der Waals surface area contributed by atoms with Gasteiger partial charge in [0.2, 0.25) is 6.10 Å². The Morgan fingerprint density at radius 2 is 1.90 bits per heavy atom. The molecule has 10 atom stereocenters. The van der Waals surface area contributed by atoms with E-state index in [0.29, 0.717) is 11.1 Å². The Labute approximate surface area is 243 Å². The van der Waals surface area contributed by atoms with Crippen LogP contribution in [0.1, 0.15) is 60.3 Å². The number of rotatable bonds is 6. The maximum atomic E-state index is 13.6. The molecule has 3 N–H and O–H groups in total. The summed E-state index contributed by atoms with van der Waals surface area (Å²) < 4.78 is 28.6. The predicted molar refractivity (Wildman–Crippen MR) is 143 cm³/mol. The molecule has 5 rings (SSSR count). The van der Waals surface area contributed by atoms with Crippen molar-refractivity contribution >= 4 is 29.7 Å². The highest BCUT2D eigenvalue weighted by Crippen LogP contribution is 2.72. The third-order valence-electron chi connectivity index (χ3n) is 10.0. The summed E-state index contributed by atoms with van der Waals surface area (Å²) in [6.45, 7) is 8.57. The van der Waals surface area contributed by atoms with E-state index in [4.69, 9.17) is 29.4 Å². The second-order valence-electron chi connectivity index (χ2n) is 13.1. The van der Waals surface area contributed by atoms with Crippen molar-refractivity contribution in [2.75, 3.05) is 13.7 Å². The molecule has 42 heavy (non-hydrogen) atoms. The lowest BCUT2D eigenvalue weighted by Gasteiger charge is -2.66. The van der Waals surface area contributed by atoms with E-state index < -0.39 is 88.2 Å². The SMILES string of the molecule is COC(=O)[C@@]12C[C@H](O)C3[C@@]4(C)CC(=O)C(OC(=O)C[C@@H](C)N)=C(C)C4C[C@H]4OC(=O)[C@H](OC(=O)C=C(C)C)[C@@H]1[C@@]34CO2. The number of Topliss-reactive ketones (excluding diaryl/α,β-unsaturated/α-hetero) is 1. The number of ether oxygens (including phenoxy) is 5. The summed E-state index contributed by atoms with van der Waals surface area (Å²) in [5.41, 5.74) is 3.05. The number of nitrogens with two attached hydrogens (primary N) is 1. The number of aliphatic hydroxyl groups excluding tert-OH is 1. The fourth-order valence-corrected chi connectivity index (χ4v) is 8.83. The zero-order valence-electron chi connectivity index (χ0n) is 24.8. The highest BCUT2D eigenvalue weighted by atomic mass is 16.6. The second kappa shape index (κ2) is 10.3. The van der Waals surface area contributed by atoms with Gasteiger partial charge in [0.05, 0.1) is 32.2 Å². The van der Waals surface area contributed by atoms with Crippen LogP contribution in [0.15, 0.2) is 23.0 Å². The van der Waals surface area contributed by atoms with Crippen molar-refractivity contribution in [3.8, 4) is 0 Å². The third kappa shape index (κ3) is 4.24. The van der Waals surface area contributed by atoms with Gasteiger partial charge in [0.25, 0.3) is 0 Å². The standard InChI is InChI=1S/C30H39NO11/c1-13(2)7-20(34)42-23-25-29-12-39-30(25,27(37)38-6)11-18(33)24(29)28(5)10-17(32)22(41-21(35)8-14(3)31)15(4)16(28)9-19(29)40-26(23)36/h7,14,16,18-19,23-25,33H,8-12,31H2,1-6H3/t14-,16?,18+,19-,23-,24?,25-,28+,29-,30-/m1/s1. The molecule has 1 spiro atoms. The van der Waals surface area contributed by atoms with Gasteiger partial charge in [0.15, 0.2) is 17.1 Å². The number of allylic oxidation sites excluding steroid dienone is 3. The van der Waals surface area contributed by atoms with Crippen molar-refractivity contribution in [3.63, 3.8) is 0 Å². The maximum absolute atomic E-state index is 13.6. The topological polar surface area (TPSA) is 178 Å². The Morgan fingerprint density at radius 1 is 1.21 bits per heavy atom. The summed E-state index contributed by atoms with van der Waals surface area (Å²) in [7, 11) is 1.19. The van der Waals surface area contributed by atoms with Crippen molar-refractivity contribution in [1.29, 1.82) is 0 Å². The molecule has 2 unspecified atom stereocenters. The average molecular weight is 590 g/mol. The number of aliphatic hydroxyl groups is 1. The first-order valence-electron chi connectivity index (χ1n) is 14.3. The Balaban J connectivity index is 1.63. The van der Waals surface area contributed by atoms with E-state index in [0.717, 1.165) is 0 Å². The Morgan fingerprint density at radius 3 is 2.52 bits per heavy atom. The summed E-state index contributed by atoms with van der Waals surface area (Å²) in [4.78, 5) is 65.8. The first-order valence-corrected chi connectivity index (χ1v) is 14.3. The van der Waals surface area contributed by atoms with E-state index in [1.165, 1.54) is 13.2 Å². The molecule has 2 aliphatic heterocycles. The molecule has 0 aromatic heterocycles. The highest BCUT2D eigenvalue weighted by molar-refractivity contribution is 5.98. The maximum Gasteiger partial charge on any atom is 0.348 e. The largest absolute Gasteiger partial charge is 0.467 e. The zero-order chi connectivity index (χ0) is 30.9. The molecule has 0 amide bonds. The third-order valence-corrected chi connectivity index (χ3v) is 10.0. The van der Waals surface area contributed by atoms with Crippen LogP contribution < -0.4 is 5.73 Å². The summed E-state index contributed by atoms with van der Waals surface area (Å²) in [5, 5.41) is 11.8. The van der Waals surface area contributed by atoms with Gasteiger partial charge in [-0.2, -0.15) is 0 Å². The number of esters is 4. The minimum Gasteiger partial charge on any atom is -0.467 e. The van der Waals surface area contributed by atoms with Gasteiger partial charge in [-0.3, -0.25) is 9.59 Å². The molecule has 2 heterocycles. The van der Waals surface area contributed by atoms with Gasteiger partial charge in [0.1, 0.15) is 6.10 Å². The fraction of sp³-hybridized carbons (Fsp3) is 0.700. The first-order chi connectivity index (χ1) is 19.6. The van der Waals surface area contributed by atoms with Crippen LogP contribution in [0.2, 0.25) is 0 Å². The highest BCUT2D eigenvalue weighted by Gasteiger charge is 2.82. The van der Waals surface area contributed by atoms with Gasteiger partial charge in [-0.1, -0.05) is 12.5 Å². The van der Waals surface area contributed by atoms with Crippen molar-refractivity contribution in [2.24, 2.45) is 34.3 Å². The molecule has 0 aromatic rings. The van der Waals surface area contributed by atoms with Gasteiger partial charge >= 0.3 is 23.9 Å². The van der Waals surface area contributed by atoms with Crippen LogP contribution in [0.25, 0.3) is 0 Å². The molecular formula is C30H39NO11. The van der Waals surface area contributed by atoms with Crippen molar-refractivity contribution in [1.82, 2.24) is 0 Å². The summed E-state index contributed by atoms with van der Waals surface area (Å²) in [6, 6.07) is -0.455. The molecule has 5 aliphatic rings. The monoisotopic (exact) mass is 589 g/mol. The normalized spacial score (nSPS) is 40.7. The zero-order valence-corrected chi connectivity index (χ0v) is 24.8. The number of carbonyl (C=O) groups is 5. The average Bonchev–Trinajstić information content (AvgIpc) is 3.12. The quantitative estimate of drug-likeness (QED) is 0.258. The molecule has 230 valence electrons. The Kier molecular flexibility index (Phi) is 7.43. The van der Waals surface area contributed by atoms with Gasteiger partial charge < -0.3 is 34.5 Å². The van der Waals surface area contributed by atoms with Gasteiger partial charge in [-0.05, 0) is 51.0 Å². The predicted octanol–water partition coefficient (Wildman–Crippen LogP) is 1.27. The van der Waals surface area contributed by atoms with Crippen molar-refractivity contribution < 1.29 is 52.8 Å². The second-order valence-corrected chi connectivity index (χ2v) is 13.1. The molecule has 2 saturated carbocycles. The number of hydrogen-bond acceptors (Lipinski definition) is 12. The van der Waals surface area contributed by atoms with Crippen molar-refractivity contribution in [3.05, 3.63) is 23.0 Å². The molecule has 0 aromatic carbocycles. The fourth-order valence-electron chi connectivity index (χ4n) is 8.83. The summed E-state index contributed by atoms with van der Waals surface area (Å²) in [6.07, 6.45) is -2.45. The molecular weight excluding hydrogens is 550 g/mol. The number of methoxy groups -OCH3 is 1. The number of carbonyl (C=O) groups excluding carboxylic acids is 5. The first kappa shape index (κ1) is 30.4. The Hall–Kier alpha value is -3.09. The van der Waals surface area contributed by atoms with Crippen LogP contribution in [-0.4, -0.2) is 78.4 Å². The summed E-state index contributed by atoms with van der Waals surface area (Å²) >= 11 is 0. The van der Waals surface area contributed by atoms with Crippen LogP contribution >= 0.6 is 0 Å². The summed E-state index contributed by atoms with van der Waals surface area (Å²) in [5.74, 6) is -5.64. The van der Waals surface area contributed by atoms with Crippen molar-refractivity contribution in [2.45, 2.75) is 90.3 Å². The van der Waals surface area contributed by atoms with Crippen LogP contribution in [-0.2, 0) is 47.7 Å². The lowest BCUT2D eigenvalue weighted by Crippen LogP contribution is -2.75. The number of ketones is 1. The molecule has 0 radical (unpaired) electrons. The van der Waals surface area contributed by atoms with Crippen LogP contribution in [0, 0.1) is 28.6 Å². The minimum absolute atomic E-state index is 0.0526. The van der Waals surface area contributed by atoms with Crippen LogP contribution in [0.3, 0.4) is 0 Å². The van der Waals surface area contributed by atoms with E-state index in [1.54, 1.807) is 27.7 Å². The van der Waals surface area contributed by atoms with Crippen LogP contribution in [0.5, 0.6) is 0 Å². The lowest BCUT2D eigenvalue weighted by atomic mass is 9.38. The Bertz CT molecular complexity index is 1300. The molecule has 12 nitrogen and oxygen atoms in total. The minimum atomic E-state index is -1.77. The van der Waals surface area contributed by atoms with Gasteiger partial charge in [0, 0.05) is 36.3 Å². The number of fused-ring (bicyclic) bond motifs is 2. The van der Waals surface area contributed by atoms with E-state index in [-0.39, 0.29) is 38.0 Å². The number of hydrogen-bond donors (Lipinski definition) is 2. The molecule has 12 heteroatoms. The van der Waals surface area contributed by atoms with Gasteiger partial charge in [-0.25, -0.2) is 14.4 Å². The molecule has 2 saturated heterocycles. The molecule has 2 bridgehead atoms. The molecule has 3 aliphatic carbocycles. The van der Waals surface area contributed by atoms with Gasteiger partial charge in [-0.15, -0.1) is 0 Å². The van der Waals surface area contributed by atoms with E-state index >= 15 is 0 Å². The lowest BCUT2D eigenvalue weighted by molar-refractivity contribution is -0.269. The smallest absolute Gasteiger partial charge is 0.348 e.